The van der Waals surface area contributed by atoms with Gasteiger partial charge in [-0.1, -0.05) is 11.8 Å². The average molecular weight is 173 g/mol. The van der Waals surface area contributed by atoms with Gasteiger partial charge in [-0.05, 0) is 0 Å². The second-order valence-corrected chi connectivity index (χ2v) is 2.45. The minimum atomic E-state index is 0.371. The molecular weight excluding hydrogens is 162 g/mol. The fourth-order valence-electron chi connectivity index (χ4n) is 0.883. The topological polar surface area (TPSA) is 43.8 Å². The Balaban J connectivity index is 2.59. The molecule has 0 amide bonds. The zero-order valence-electron chi connectivity index (χ0n) is 7.33. The average Bonchev–Trinajstić information content (AvgIpc) is 2.59. The highest BCUT2D eigenvalue weighted by atomic mass is 15.3. The lowest BCUT2D eigenvalue weighted by molar-refractivity contribution is 0.630. The van der Waals surface area contributed by atoms with Crippen LogP contribution in [0.25, 0.3) is 0 Å². The zero-order chi connectivity index (χ0) is 9.52. The third-order valence-electron chi connectivity index (χ3n) is 1.45. The fraction of sp³-hybridized carbons (Fsp3) is 0.300. The van der Waals surface area contributed by atoms with Crippen molar-refractivity contribution in [2.24, 2.45) is 5.73 Å². The molecule has 0 aliphatic carbocycles. The van der Waals surface area contributed by atoms with Gasteiger partial charge in [0.05, 0.1) is 24.8 Å². The van der Waals surface area contributed by atoms with Crippen molar-refractivity contribution < 1.29 is 0 Å². The summed E-state index contributed by atoms with van der Waals surface area (Å²) in [6.07, 6.45) is 9.38. The number of hydrogen-bond acceptors (Lipinski definition) is 2. The molecule has 0 saturated carbocycles. The maximum atomic E-state index is 5.24. The molecule has 0 spiro atoms. The Kier molecular flexibility index (Phi) is 3.63. The van der Waals surface area contributed by atoms with Gasteiger partial charge < -0.3 is 5.73 Å². The molecule has 0 aliphatic rings. The van der Waals surface area contributed by atoms with Gasteiger partial charge in [-0.2, -0.15) is 5.10 Å². The Bertz CT molecular complexity index is 360. The first-order valence-electron chi connectivity index (χ1n) is 4.01. The summed E-state index contributed by atoms with van der Waals surface area (Å²) in [5, 5.41) is 4.08. The molecule has 13 heavy (non-hydrogen) atoms. The van der Waals surface area contributed by atoms with Crippen LogP contribution in [0.1, 0.15) is 12.0 Å². The Labute approximate surface area is 77.9 Å². The molecule has 0 atom stereocenters. The van der Waals surface area contributed by atoms with Gasteiger partial charge in [0.1, 0.15) is 0 Å². The van der Waals surface area contributed by atoms with E-state index in [1.54, 1.807) is 10.9 Å². The second-order valence-electron chi connectivity index (χ2n) is 2.45. The van der Waals surface area contributed by atoms with Crippen molar-refractivity contribution in [1.82, 2.24) is 9.78 Å². The highest BCUT2D eigenvalue weighted by molar-refractivity contribution is 5.29. The molecule has 66 valence electrons. The van der Waals surface area contributed by atoms with Gasteiger partial charge >= 0.3 is 0 Å². The van der Waals surface area contributed by atoms with Gasteiger partial charge in [-0.3, -0.25) is 4.68 Å². The van der Waals surface area contributed by atoms with Crippen LogP contribution in [0.2, 0.25) is 0 Å². The number of terminal acetylenes is 1. The molecule has 0 aromatic carbocycles. The molecule has 1 heterocycles. The summed E-state index contributed by atoms with van der Waals surface area (Å²) in [7, 11) is 0. The minimum absolute atomic E-state index is 0.371. The van der Waals surface area contributed by atoms with Crippen LogP contribution >= 0.6 is 0 Å². The van der Waals surface area contributed by atoms with Gasteiger partial charge in [0.25, 0.3) is 0 Å². The van der Waals surface area contributed by atoms with E-state index in [1.807, 2.05) is 6.20 Å². The quantitative estimate of drug-likeness (QED) is 0.650. The highest BCUT2D eigenvalue weighted by Gasteiger charge is 1.93. The van der Waals surface area contributed by atoms with Gasteiger partial charge in [0, 0.05) is 12.6 Å². The standard InChI is InChI=1S/C10H11N3/c1-2-3-7-13-9-10(8-12-13)5-4-6-11/h1,8-9H,3,6-7,11H2. The number of nitrogens with zero attached hydrogens (tertiary/aromatic N) is 2. The maximum absolute atomic E-state index is 5.24. The van der Waals surface area contributed by atoms with Gasteiger partial charge in [-0.15, -0.1) is 12.3 Å². The summed E-state index contributed by atoms with van der Waals surface area (Å²) in [5.74, 6) is 8.20. The van der Waals surface area contributed by atoms with E-state index >= 15 is 0 Å². The van der Waals surface area contributed by atoms with E-state index in [1.165, 1.54) is 0 Å². The lowest BCUT2D eigenvalue weighted by Crippen LogP contribution is -1.96. The van der Waals surface area contributed by atoms with Crippen molar-refractivity contribution in [3.63, 3.8) is 0 Å². The normalized spacial score (nSPS) is 8.62. The van der Waals surface area contributed by atoms with E-state index in [0.29, 0.717) is 13.0 Å². The van der Waals surface area contributed by atoms with Gasteiger partial charge in [-0.25, -0.2) is 0 Å². The van der Waals surface area contributed by atoms with Gasteiger partial charge in [0.2, 0.25) is 0 Å². The summed E-state index contributed by atoms with van der Waals surface area (Å²) in [4.78, 5) is 0. The number of hydrogen-bond donors (Lipinski definition) is 1. The van der Waals surface area contributed by atoms with Crippen molar-refractivity contribution in [3.8, 4) is 24.2 Å². The summed E-state index contributed by atoms with van der Waals surface area (Å²) >= 11 is 0. The van der Waals surface area contributed by atoms with Gasteiger partial charge in [0.15, 0.2) is 0 Å². The third-order valence-corrected chi connectivity index (χ3v) is 1.45. The van der Waals surface area contributed by atoms with Crippen LogP contribution in [0.5, 0.6) is 0 Å². The molecule has 2 N–H and O–H groups in total. The van der Waals surface area contributed by atoms with E-state index in [-0.39, 0.29) is 0 Å². The van der Waals surface area contributed by atoms with Crippen LogP contribution < -0.4 is 5.73 Å². The van der Waals surface area contributed by atoms with Crippen LogP contribution in [-0.4, -0.2) is 16.3 Å². The van der Waals surface area contributed by atoms with Crippen molar-refractivity contribution in [2.75, 3.05) is 6.54 Å². The van der Waals surface area contributed by atoms with E-state index in [9.17, 15) is 0 Å². The molecule has 3 heteroatoms. The SMILES string of the molecule is C#CCCn1cc(C#CCN)cn1. The Morgan fingerprint density at radius 2 is 2.46 bits per heavy atom. The molecule has 1 aromatic rings. The Morgan fingerprint density at radius 3 is 3.15 bits per heavy atom. The molecular formula is C10H11N3. The zero-order valence-corrected chi connectivity index (χ0v) is 7.33. The van der Waals surface area contributed by atoms with E-state index in [2.05, 4.69) is 22.9 Å². The summed E-state index contributed by atoms with van der Waals surface area (Å²) in [6, 6.07) is 0. The molecule has 1 rings (SSSR count). The minimum Gasteiger partial charge on any atom is -0.320 e. The molecule has 0 fully saturated rings. The number of aryl methyl sites for hydroxylation is 1. The van der Waals surface area contributed by atoms with Crippen molar-refractivity contribution in [1.29, 1.82) is 0 Å². The molecule has 0 radical (unpaired) electrons. The van der Waals surface area contributed by atoms with E-state index in [0.717, 1.165) is 12.1 Å². The van der Waals surface area contributed by atoms with Crippen LogP contribution in [0.15, 0.2) is 12.4 Å². The first-order valence-corrected chi connectivity index (χ1v) is 4.01. The lowest BCUT2D eigenvalue weighted by Gasteiger charge is -1.93. The second kappa shape index (κ2) is 5.03. The Morgan fingerprint density at radius 1 is 1.62 bits per heavy atom. The smallest absolute Gasteiger partial charge is 0.0646 e. The molecule has 1 aromatic heterocycles. The van der Waals surface area contributed by atoms with Crippen LogP contribution in [0.4, 0.5) is 0 Å². The highest BCUT2D eigenvalue weighted by Crippen LogP contribution is 1.95. The number of nitrogens with two attached hydrogens (primary N) is 1. The van der Waals surface area contributed by atoms with Crippen molar-refractivity contribution >= 4 is 0 Å². The molecule has 0 saturated heterocycles. The van der Waals surface area contributed by atoms with Crippen LogP contribution in [-0.2, 0) is 6.54 Å². The van der Waals surface area contributed by atoms with E-state index in [4.69, 9.17) is 12.2 Å². The third kappa shape index (κ3) is 3.02. The lowest BCUT2D eigenvalue weighted by atomic mass is 10.3. The summed E-state index contributed by atoms with van der Waals surface area (Å²) in [5.41, 5.74) is 6.11. The first-order chi connectivity index (χ1) is 6.36. The molecule has 0 aliphatic heterocycles. The monoisotopic (exact) mass is 173 g/mol. The molecule has 0 unspecified atom stereocenters. The summed E-state index contributed by atoms with van der Waals surface area (Å²) in [6.45, 7) is 1.11. The molecule has 0 bridgehead atoms. The summed E-state index contributed by atoms with van der Waals surface area (Å²) < 4.78 is 1.78. The maximum Gasteiger partial charge on any atom is 0.0646 e. The predicted octanol–water partition coefficient (Wildman–Crippen LogP) is 0.217. The van der Waals surface area contributed by atoms with E-state index < -0.39 is 0 Å². The Hall–Kier alpha value is -1.71. The number of aromatic nitrogens is 2. The van der Waals surface area contributed by atoms with Crippen molar-refractivity contribution in [3.05, 3.63) is 18.0 Å². The molecule has 3 nitrogen and oxygen atoms in total. The first kappa shape index (κ1) is 9.38. The van der Waals surface area contributed by atoms with Crippen molar-refractivity contribution in [2.45, 2.75) is 13.0 Å². The largest absolute Gasteiger partial charge is 0.320 e. The van der Waals surface area contributed by atoms with Crippen LogP contribution in [0, 0.1) is 24.2 Å². The predicted molar refractivity (Wildman–Crippen MR) is 51.6 cm³/mol. The van der Waals surface area contributed by atoms with Crippen LogP contribution in [0.3, 0.4) is 0 Å². The number of rotatable bonds is 2. The fourth-order valence-corrected chi connectivity index (χ4v) is 0.883.